The molecule has 2 unspecified atom stereocenters. The van der Waals surface area contributed by atoms with Crippen LogP contribution in [0.15, 0.2) is 24.3 Å². The maximum absolute atomic E-state index is 13.2. The number of halogens is 3. The second kappa shape index (κ2) is 8.73. The number of aliphatic hydroxyl groups is 1. The van der Waals surface area contributed by atoms with E-state index in [2.05, 4.69) is 13.8 Å². The van der Waals surface area contributed by atoms with E-state index in [0.717, 1.165) is 40.2 Å². The summed E-state index contributed by atoms with van der Waals surface area (Å²) in [7, 11) is 0. The van der Waals surface area contributed by atoms with Gasteiger partial charge in [-0.2, -0.15) is 13.2 Å². The van der Waals surface area contributed by atoms with Crippen molar-refractivity contribution in [3.63, 3.8) is 0 Å². The van der Waals surface area contributed by atoms with Crippen LogP contribution in [0.1, 0.15) is 103 Å². The van der Waals surface area contributed by atoms with E-state index in [4.69, 9.17) is 9.72 Å². The lowest BCUT2D eigenvalue weighted by molar-refractivity contribution is -0.137. The Hall–Kier alpha value is -2.65. The summed E-state index contributed by atoms with van der Waals surface area (Å²) in [5.41, 5.74) is 3.94. The van der Waals surface area contributed by atoms with Crippen LogP contribution < -0.4 is 0 Å². The fraction of sp³-hybridized carbons (Fsp3) is 0.556. The highest BCUT2D eigenvalue weighted by Gasteiger charge is 2.43. The first kappa shape index (κ1) is 25.0. The number of nitrogens with zero attached hydrogens (tertiary/aromatic N) is 2. The van der Waals surface area contributed by atoms with E-state index in [1.54, 1.807) is 0 Å². The van der Waals surface area contributed by atoms with Crippen molar-refractivity contribution in [2.75, 3.05) is 13.1 Å². The third-order valence-corrected chi connectivity index (χ3v) is 7.85. The molecule has 1 fully saturated rings. The number of pyridine rings is 1. The van der Waals surface area contributed by atoms with Gasteiger partial charge in [0.25, 0.3) is 0 Å². The highest BCUT2D eigenvalue weighted by molar-refractivity contribution is 5.65. The van der Waals surface area contributed by atoms with E-state index in [1.807, 2.05) is 6.92 Å². The minimum Gasteiger partial charge on any atom is -0.465 e. The maximum atomic E-state index is 13.2. The summed E-state index contributed by atoms with van der Waals surface area (Å²) in [5.74, 6) is -0.00666. The Kier molecular flexibility index (Phi) is 6.07. The van der Waals surface area contributed by atoms with Crippen LogP contribution in [0, 0.1) is 5.41 Å². The molecule has 194 valence electrons. The maximum Gasteiger partial charge on any atom is 0.416 e. The molecule has 36 heavy (non-hydrogen) atoms. The van der Waals surface area contributed by atoms with Gasteiger partial charge in [-0.1, -0.05) is 26.0 Å². The number of likely N-dealkylation sites (tertiary alicyclic amines) is 1. The van der Waals surface area contributed by atoms with Crippen molar-refractivity contribution < 1.29 is 32.9 Å². The summed E-state index contributed by atoms with van der Waals surface area (Å²) in [4.78, 5) is 17.9. The lowest BCUT2D eigenvalue weighted by atomic mass is 9.70. The Bertz CT molecular complexity index is 1170. The molecule has 9 heteroatoms. The largest absolute Gasteiger partial charge is 0.465 e. The molecule has 2 N–H and O–H groups in total. The zero-order chi connectivity index (χ0) is 26.0. The van der Waals surface area contributed by atoms with Crippen molar-refractivity contribution in [1.82, 2.24) is 9.88 Å². The van der Waals surface area contributed by atoms with Crippen molar-refractivity contribution in [3.8, 4) is 0 Å². The lowest BCUT2D eigenvalue weighted by Crippen LogP contribution is -2.38. The van der Waals surface area contributed by atoms with Crippen LogP contribution in [-0.4, -0.2) is 39.3 Å². The number of carbonyl (C=O) groups is 1. The van der Waals surface area contributed by atoms with E-state index >= 15 is 0 Å². The molecule has 1 amide bonds. The number of carboxylic acid groups (broad SMARTS) is 1. The molecule has 1 saturated heterocycles. The summed E-state index contributed by atoms with van der Waals surface area (Å²) in [6.07, 6.45) is -4.61. The van der Waals surface area contributed by atoms with E-state index in [-0.39, 0.29) is 17.4 Å². The zero-order valence-corrected chi connectivity index (χ0v) is 20.6. The van der Waals surface area contributed by atoms with Crippen molar-refractivity contribution in [2.24, 2.45) is 5.41 Å². The smallest absolute Gasteiger partial charge is 0.416 e. The molecule has 0 spiro atoms. The monoisotopic (exact) mass is 504 g/mol. The van der Waals surface area contributed by atoms with E-state index in [0.29, 0.717) is 44.3 Å². The number of piperidine rings is 1. The number of aromatic nitrogens is 1. The molecule has 5 rings (SSSR count). The Morgan fingerprint density at radius 1 is 1.11 bits per heavy atom. The third kappa shape index (κ3) is 4.36. The molecule has 3 atom stereocenters. The Morgan fingerprint density at radius 2 is 1.75 bits per heavy atom. The quantitative estimate of drug-likeness (QED) is 0.513. The molecule has 0 radical (unpaired) electrons. The minimum absolute atomic E-state index is 0.00666. The highest BCUT2D eigenvalue weighted by Crippen LogP contribution is 2.52. The summed E-state index contributed by atoms with van der Waals surface area (Å²) in [6, 6.07) is 5.03. The van der Waals surface area contributed by atoms with Crippen molar-refractivity contribution in [2.45, 2.75) is 76.9 Å². The summed E-state index contributed by atoms with van der Waals surface area (Å²) in [6.45, 7) is 6.86. The number of benzene rings is 1. The Labute approximate surface area is 208 Å². The average molecular weight is 505 g/mol. The number of ether oxygens (including phenoxy) is 1. The second-order valence-corrected chi connectivity index (χ2v) is 11.1. The van der Waals surface area contributed by atoms with Gasteiger partial charge in [-0.25, -0.2) is 4.79 Å². The number of amides is 1. The zero-order valence-electron chi connectivity index (χ0n) is 20.6. The number of rotatable bonds is 2. The number of hydrogen-bond donors (Lipinski definition) is 2. The topological polar surface area (TPSA) is 82.9 Å². The predicted molar refractivity (Wildman–Crippen MR) is 126 cm³/mol. The second-order valence-electron chi connectivity index (χ2n) is 11.1. The normalized spacial score (nSPS) is 26.0. The fourth-order valence-corrected chi connectivity index (χ4v) is 6.18. The SMILES string of the molecule is CC1OC(c2ccc(C(F)(F)F)cc2)c2c1nc1c(c2C2CCN(C(=O)O)CC2)[C@@H](O)CC(C)(C)C1. The molecule has 3 heterocycles. The summed E-state index contributed by atoms with van der Waals surface area (Å²) in [5, 5.41) is 20.7. The van der Waals surface area contributed by atoms with Crippen molar-refractivity contribution in [1.29, 1.82) is 0 Å². The first-order valence-electron chi connectivity index (χ1n) is 12.4. The van der Waals surface area contributed by atoms with Gasteiger partial charge < -0.3 is 19.8 Å². The molecule has 2 aliphatic heterocycles. The van der Waals surface area contributed by atoms with Crippen molar-refractivity contribution in [3.05, 3.63) is 63.5 Å². The van der Waals surface area contributed by atoms with Gasteiger partial charge in [-0.3, -0.25) is 4.98 Å². The molecule has 3 aliphatic rings. The molecular formula is C27H31F3N2O4. The van der Waals surface area contributed by atoms with E-state index in [1.165, 1.54) is 17.0 Å². The molecule has 1 aromatic heterocycles. The van der Waals surface area contributed by atoms with Gasteiger partial charge in [0.2, 0.25) is 0 Å². The number of fused-ring (bicyclic) bond motifs is 2. The summed E-state index contributed by atoms with van der Waals surface area (Å²) >= 11 is 0. The first-order valence-corrected chi connectivity index (χ1v) is 12.4. The van der Waals surface area contributed by atoms with E-state index < -0.39 is 30.0 Å². The first-order chi connectivity index (χ1) is 16.9. The number of hydrogen-bond acceptors (Lipinski definition) is 4. The number of alkyl halides is 3. The molecular weight excluding hydrogens is 473 g/mol. The van der Waals surface area contributed by atoms with Crippen LogP contribution in [0.2, 0.25) is 0 Å². The molecule has 1 aromatic carbocycles. The molecule has 0 bridgehead atoms. The minimum atomic E-state index is -4.43. The van der Waals surface area contributed by atoms with Gasteiger partial charge in [0, 0.05) is 29.9 Å². The third-order valence-electron chi connectivity index (χ3n) is 7.85. The fourth-order valence-electron chi connectivity index (χ4n) is 6.18. The average Bonchev–Trinajstić information content (AvgIpc) is 3.12. The number of aliphatic hydroxyl groups excluding tert-OH is 1. The van der Waals surface area contributed by atoms with Crippen LogP contribution in [0.5, 0.6) is 0 Å². The van der Waals surface area contributed by atoms with Gasteiger partial charge >= 0.3 is 12.3 Å². The standard InChI is InChI=1S/C27H31F3N2O4/c1-14-23-22(24(36-14)16-4-6-17(7-5-16)27(28,29)30)20(15-8-10-32(11-9-15)25(34)35)21-18(31-23)12-26(2,3)13-19(21)33/h4-7,14-15,19,24,33H,8-13H2,1-3H3,(H,34,35)/t14?,19-,24?/m0/s1. The molecule has 1 aliphatic carbocycles. The Morgan fingerprint density at radius 3 is 2.33 bits per heavy atom. The predicted octanol–water partition coefficient (Wildman–Crippen LogP) is 6.14. The van der Waals surface area contributed by atoms with Gasteiger partial charge in [0.05, 0.1) is 23.5 Å². The van der Waals surface area contributed by atoms with Crippen LogP contribution >= 0.6 is 0 Å². The Balaban J connectivity index is 1.64. The van der Waals surface area contributed by atoms with Crippen molar-refractivity contribution >= 4 is 6.09 Å². The molecule has 0 saturated carbocycles. The van der Waals surface area contributed by atoms with Gasteiger partial charge in [0.15, 0.2) is 0 Å². The van der Waals surface area contributed by atoms with Crippen LogP contribution in [0.3, 0.4) is 0 Å². The lowest BCUT2D eigenvalue weighted by Gasteiger charge is -2.39. The van der Waals surface area contributed by atoms with Crippen LogP contribution in [-0.2, 0) is 17.3 Å². The van der Waals surface area contributed by atoms with E-state index in [9.17, 15) is 28.2 Å². The summed E-state index contributed by atoms with van der Waals surface area (Å²) < 4.78 is 45.8. The van der Waals surface area contributed by atoms with Gasteiger partial charge in [0.1, 0.15) is 6.10 Å². The highest BCUT2D eigenvalue weighted by atomic mass is 19.4. The van der Waals surface area contributed by atoms with Crippen LogP contribution in [0.4, 0.5) is 18.0 Å². The van der Waals surface area contributed by atoms with Gasteiger partial charge in [-0.15, -0.1) is 0 Å². The molecule has 2 aromatic rings. The van der Waals surface area contributed by atoms with Crippen LogP contribution in [0.25, 0.3) is 0 Å². The molecule has 6 nitrogen and oxygen atoms in total. The van der Waals surface area contributed by atoms with Gasteiger partial charge in [-0.05, 0) is 67.2 Å².